The number of hydrogen-bond acceptors (Lipinski definition) is 1. The standard InChI is InChI=1S/C15H23F2N/c1-4-10-18-14(9-8-11(2)3)12-6-5-7-13(16)15(12)17/h5-7,11,14,18H,4,8-10H2,1-3H3. The monoisotopic (exact) mass is 255 g/mol. The maximum atomic E-state index is 13.8. The van der Waals surface area contributed by atoms with Gasteiger partial charge in [-0.1, -0.05) is 32.9 Å². The van der Waals surface area contributed by atoms with Crippen molar-refractivity contribution in [2.24, 2.45) is 5.92 Å². The first-order valence-electron chi connectivity index (χ1n) is 6.73. The van der Waals surface area contributed by atoms with E-state index < -0.39 is 11.6 Å². The minimum Gasteiger partial charge on any atom is -0.310 e. The van der Waals surface area contributed by atoms with Gasteiger partial charge in [-0.25, -0.2) is 8.78 Å². The van der Waals surface area contributed by atoms with Crippen LogP contribution >= 0.6 is 0 Å². The van der Waals surface area contributed by atoms with Crippen molar-refractivity contribution in [3.05, 3.63) is 35.4 Å². The molecule has 18 heavy (non-hydrogen) atoms. The van der Waals surface area contributed by atoms with Crippen molar-refractivity contribution in [2.75, 3.05) is 6.54 Å². The van der Waals surface area contributed by atoms with Crippen molar-refractivity contribution in [1.82, 2.24) is 5.32 Å². The fourth-order valence-electron chi connectivity index (χ4n) is 1.98. The van der Waals surface area contributed by atoms with Crippen LogP contribution in [0.15, 0.2) is 18.2 Å². The molecule has 0 amide bonds. The maximum Gasteiger partial charge on any atom is 0.163 e. The van der Waals surface area contributed by atoms with Crippen LogP contribution in [-0.2, 0) is 0 Å². The topological polar surface area (TPSA) is 12.0 Å². The third kappa shape index (κ3) is 4.37. The average Bonchev–Trinajstić information content (AvgIpc) is 2.33. The Morgan fingerprint density at radius 2 is 1.89 bits per heavy atom. The van der Waals surface area contributed by atoms with Gasteiger partial charge in [0.25, 0.3) is 0 Å². The van der Waals surface area contributed by atoms with Gasteiger partial charge in [0, 0.05) is 11.6 Å². The second-order valence-corrected chi connectivity index (χ2v) is 5.12. The van der Waals surface area contributed by atoms with Gasteiger partial charge < -0.3 is 5.32 Å². The second-order valence-electron chi connectivity index (χ2n) is 5.12. The van der Waals surface area contributed by atoms with Crippen LogP contribution in [0.2, 0.25) is 0 Å². The highest BCUT2D eigenvalue weighted by Gasteiger charge is 2.17. The van der Waals surface area contributed by atoms with Crippen molar-refractivity contribution in [1.29, 1.82) is 0 Å². The van der Waals surface area contributed by atoms with Crippen molar-refractivity contribution in [2.45, 2.75) is 46.1 Å². The highest BCUT2D eigenvalue weighted by atomic mass is 19.2. The summed E-state index contributed by atoms with van der Waals surface area (Å²) in [5.74, 6) is -0.914. The lowest BCUT2D eigenvalue weighted by atomic mass is 9.97. The zero-order chi connectivity index (χ0) is 13.5. The fourth-order valence-corrected chi connectivity index (χ4v) is 1.98. The minimum absolute atomic E-state index is 0.0944. The molecule has 0 saturated carbocycles. The zero-order valence-corrected chi connectivity index (χ0v) is 11.5. The van der Waals surface area contributed by atoms with Gasteiger partial charge in [0.15, 0.2) is 11.6 Å². The lowest BCUT2D eigenvalue weighted by Crippen LogP contribution is -2.23. The molecule has 1 nitrogen and oxygen atoms in total. The van der Waals surface area contributed by atoms with E-state index >= 15 is 0 Å². The summed E-state index contributed by atoms with van der Waals surface area (Å²) in [5.41, 5.74) is 0.448. The molecule has 3 heteroatoms. The van der Waals surface area contributed by atoms with E-state index in [1.165, 1.54) is 0 Å². The molecule has 1 N–H and O–H groups in total. The number of hydrogen-bond donors (Lipinski definition) is 1. The second kappa shape index (κ2) is 7.47. The van der Waals surface area contributed by atoms with Gasteiger partial charge in [-0.2, -0.15) is 0 Å². The zero-order valence-electron chi connectivity index (χ0n) is 11.5. The van der Waals surface area contributed by atoms with Gasteiger partial charge in [-0.05, 0) is 37.8 Å². The quantitative estimate of drug-likeness (QED) is 0.759. The fraction of sp³-hybridized carbons (Fsp3) is 0.600. The number of nitrogens with one attached hydrogen (secondary N) is 1. The summed E-state index contributed by atoms with van der Waals surface area (Å²) >= 11 is 0. The molecule has 1 aromatic carbocycles. The number of benzene rings is 1. The first-order chi connectivity index (χ1) is 8.56. The summed E-state index contributed by atoms with van der Waals surface area (Å²) in [7, 11) is 0. The van der Waals surface area contributed by atoms with Crippen LogP contribution in [0.3, 0.4) is 0 Å². The lowest BCUT2D eigenvalue weighted by molar-refractivity contribution is 0.415. The Hall–Kier alpha value is -0.960. The Bertz CT molecular complexity index is 364. The van der Waals surface area contributed by atoms with Gasteiger partial charge in [-0.3, -0.25) is 0 Å². The summed E-state index contributed by atoms with van der Waals surface area (Å²) in [6.07, 6.45) is 2.81. The maximum absolute atomic E-state index is 13.8. The Kier molecular flexibility index (Phi) is 6.27. The predicted molar refractivity (Wildman–Crippen MR) is 71.5 cm³/mol. The molecule has 0 saturated heterocycles. The molecule has 0 aliphatic heterocycles. The molecule has 1 aromatic rings. The van der Waals surface area contributed by atoms with Gasteiger partial charge in [0.1, 0.15) is 0 Å². The summed E-state index contributed by atoms with van der Waals surface area (Å²) in [4.78, 5) is 0. The lowest BCUT2D eigenvalue weighted by Gasteiger charge is -2.20. The molecule has 0 aliphatic carbocycles. The first kappa shape index (κ1) is 15.1. The molecule has 0 spiro atoms. The summed E-state index contributed by atoms with van der Waals surface area (Å²) in [6.45, 7) is 7.16. The van der Waals surface area contributed by atoms with Crippen LogP contribution in [0, 0.1) is 17.6 Å². The van der Waals surface area contributed by atoms with Gasteiger partial charge in [0.05, 0.1) is 0 Å². The number of halogens is 2. The largest absolute Gasteiger partial charge is 0.310 e. The Morgan fingerprint density at radius 3 is 2.50 bits per heavy atom. The van der Waals surface area contributed by atoms with Gasteiger partial charge in [-0.15, -0.1) is 0 Å². The van der Waals surface area contributed by atoms with Crippen LogP contribution < -0.4 is 5.32 Å². The molecule has 0 aliphatic rings. The molecule has 0 fully saturated rings. The molecule has 0 bridgehead atoms. The smallest absolute Gasteiger partial charge is 0.163 e. The van der Waals surface area contributed by atoms with Gasteiger partial charge in [0.2, 0.25) is 0 Å². The highest BCUT2D eigenvalue weighted by Crippen LogP contribution is 2.24. The van der Waals surface area contributed by atoms with Crippen molar-refractivity contribution in [3.63, 3.8) is 0 Å². The molecule has 0 aromatic heterocycles. The van der Waals surface area contributed by atoms with E-state index in [1.807, 2.05) is 0 Å². The third-order valence-corrected chi connectivity index (χ3v) is 3.03. The van der Waals surface area contributed by atoms with E-state index in [-0.39, 0.29) is 6.04 Å². The highest BCUT2D eigenvalue weighted by molar-refractivity contribution is 5.22. The Morgan fingerprint density at radius 1 is 1.17 bits per heavy atom. The predicted octanol–water partition coefficient (Wildman–Crippen LogP) is 4.44. The average molecular weight is 255 g/mol. The Labute approximate surface area is 109 Å². The van der Waals surface area contributed by atoms with Gasteiger partial charge >= 0.3 is 0 Å². The summed E-state index contributed by atoms with van der Waals surface area (Å²) in [6, 6.07) is 4.32. The number of rotatable bonds is 7. The van der Waals surface area contributed by atoms with Crippen LogP contribution in [0.1, 0.15) is 51.6 Å². The van der Waals surface area contributed by atoms with E-state index in [0.717, 1.165) is 31.9 Å². The van der Waals surface area contributed by atoms with Crippen LogP contribution in [0.4, 0.5) is 8.78 Å². The summed E-state index contributed by atoms with van der Waals surface area (Å²) < 4.78 is 27.0. The van der Waals surface area contributed by atoms with E-state index in [0.29, 0.717) is 11.5 Å². The van der Waals surface area contributed by atoms with Crippen LogP contribution in [0.5, 0.6) is 0 Å². The molecule has 0 radical (unpaired) electrons. The van der Waals surface area contributed by atoms with E-state index in [1.54, 1.807) is 12.1 Å². The molecule has 102 valence electrons. The van der Waals surface area contributed by atoms with Crippen molar-refractivity contribution in [3.8, 4) is 0 Å². The Balaban J connectivity index is 2.83. The molecule has 1 atom stereocenters. The van der Waals surface area contributed by atoms with E-state index in [4.69, 9.17) is 0 Å². The molecular weight excluding hydrogens is 232 g/mol. The third-order valence-electron chi connectivity index (χ3n) is 3.03. The molecular formula is C15H23F2N. The van der Waals surface area contributed by atoms with Crippen LogP contribution in [0.25, 0.3) is 0 Å². The normalized spacial score (nSPS) is 13.0. The van der Waals surface area contributed by atoms with Crippen molar-refractivity contribution < 1.29 is 8.78 Å². The molecule has 0 heterocycles. The molecule has 1 unspecified atom stereocenters. The SMILES string of the molecule is CCCNC(CCC(C)C)c1cccc(F)c1F. The minimum atomic E-state index is -0.764. The van der Waals surface area contributed by atoms with Crippen LogP contribution in [-0.4, -0.2) is 6.54 Å². The summed E-state index contributed by atoms with van der Waals surface area (Å²) in [5, 5.41) is 3.30. The van der Waals surface area contributed by atoms with E-state index in [9.17, 15) is 8.78 Å². The van der Waals surface area contributed by atoms with Crippen molar-refractivity contribution >= 4 is 0 Å². The first-order valence-corrected chi connectivity index (χ1v) is 6.73. The van der Waals surface area contributed by atoms with E-state index in [2.05, 4.69) is 26.1 Å². The molecule has 1 rings (SSSR count).